The number of aliphatic carboxylic acids is 1. The summed E-state index contributed by atoms with van der Waals surface area (Å²) in [5.74, 6) is -0.530. The Morgan fingerprint density at radius 3 is 2.62 bits per heavy atom. The normalized spacial score (nSPS) is 12.2. The molecule has 0 fully saturated rings. The van der Waals surface area contributed by atoms with Gasteiger partial charge in [-0.05, 0) is 56.1 Å². The lowest BCUT2D eigenvalue weighted by molar-refractivity contribution is -0.137. The molecule has 0 amide bonds. The molecule has 0 spiro atoms. The van der Waals surface area contributed by atoms with E-state index in [0.29, 0.717) is 19.3 Å². The van der Waals surface area contributed by atoms with Gasteiger partial charge in [0.25, 0.3) is 0 Å². The molecule has 1 aromatic heterocycles. The molecule has 26 heavy (non-hydrogen) atoms. The molecule has 0 aliphatic heterocycles. The lowest BCUT2D eigenvalue weighted by Gasteiger charge is -2.16. The van der Waals surface area contributed by atoms with E-state index in [1.807, 2.05) is 24.4 Å². The maximum atomic E-state index is 12.2. The number of pyridine rings is 1. The van der Waals surface area contributed by atoms with Gasteiger partial charge in [0.1, 0.15) is 5.78 Å². The summed E-state index contributed by atoms with van der Waals surface area (Å²) in [6, 6.07) is 3.93. The quantitative estimate of drug-likeness (QED) is 0.334. The van der Waals surface area contributed by atoms with Crippen molar-refractivity contribution in [3.05, 3.63) is 54.9 Å². The summed E-state index contributed by atoms with van der Waals surface area (Å²) in [5.41, 5.74) is 1.10. The number of allylic oxidation sites excluding steroid dienone is 3. The van der Waals surface area contributed by atoms with Crippen LogP contribution in [0.1, 0.15) is 75.7 Å². The molecule has 1 aromatic rings. The number of carboxylic acid groups (broad SMARTS) is 1. The minimum Gasteiger partial charge on any atom is -0.481 e. The van der Waals surface area contributed by atoms with Crippen molar-refractivity contribution in [2.45, 2.75) is 70.1 Å². The number of hydrogen-bond acceptors (Lipinski definition) is 3. The number of carboxylic acids is 1. The third kappa shape index (κ3) is 10.6. The molecule has 0 saturated carbocycles. The second-order valence-electron chi connectivity index (χ2n) is 6.60. The molecule has 0 aromatic carbocycles. The molecule has 1 rings (SSSR count). The first-order valence-electron chi connectivity index (χ1n) is 9.52. The van der Waals surface area contributed by atoms with E-state index in [1.54, 1.807) is 6.20 Å². The molecule has 0 bridgehead atoms. The first-order chi connectivity index (χ1) is 12.6. The number of nitrogens with zero attached hydrogens (tertiary/aromatic N) is 1. The average Bonchev–Trinajstić information content (AvgIpc) is 2.63. The van der Waals surface area contributed by atoms with E-state index < -0.39 is 5.97 Å². The van der Waals surface area contributed by atoms with Crippen molar-refractivity contribution >= 4 is 11.8 Å². The fraction of sp³-hybridized carbons (Fsp3) is 0.500. The molecule has 1 unspecified atom stereocenters. The number of hydrogen-bond donors (Lipinski definition) is 1. The highest BCUT2D eigenvalue weighted by atomic mass is 16.4. The molecule has 1 heterocycles. The lowest BCUT2D eigenvalue weighted by Crippen LogP contribution is -2.08. The summed E-state index contributed by atoms with van der Waals surface area (Å²) in [6.45, 7) is 3.71. The fourth-order valence-electron chi connectivity index (χ4n) is 2.92. The monoisotopic (exact) mass is 357 g/mol. The van der Waals surface area contributed by atoms with E-state index in [-0.39, 0.29) is 18.1 Å². The van der Waals surface area contributed by atoms with Crippen molar-refractivity contribution < 1.29 is 14.7 Å². The van der Waals surface area contributed by atoms with Crippen LogP contribution >= 0.6 is 0 Å². The van der Waals surface area contributed by atoms with Gasteiger partial charge < -0.3 is 5.11 Å². The van der Waals surface area contributed by atoms with Gasteiger partial charge in [0.15, 0.2) is 0 Å². The van der Waals surface area contributed by atoms with Crippen LogP contribution < -0.4 is 0 Å². The molecule has 1 N–H and O–H groups in total. The molecular weight excluding hydrogens is 326 g/mol. The minimum absolute atomic E-state index is 0.0570. The van der Waals surface area contributed by atoms with Crippen molar-refractivity contribution in [2.24, 2.45) is 0 Å². The van der Waals surface area contributed by atoms with Crippen LogP contribution in [0.4, 0.5) is 0 Å². The number of aromatic nitrogens is 1. The van der Waals surface area contributed by atoms with E-state index in [4.69, 9.17) is 5.11 Å². The van der Waals surface area contributed by atoms with Crippen LogP contribution in [0.25, 0.3) is 0 Å². The number of ketones is 1. The maximum Gasteiger partial charge on any atom is 0.303 e. The Morgan fingerprint density at radius 1 is 1.12 bits per heavy atom. The summed E-state index contributed by atoms with van der Waals surface area (Å²) in [7, 11) is 0. The maximum absolute atomic E-state index is 12.2. The Hall–Kier alpha value is -2.23. The van der Waals surface area contributed by atoms with Gasteiger partial charge in [-0.3, -0.25) is 14.6 Å². The van der Waals surface area contributed by atoms with Crippen LogP contribution in [0, 0.1) is 0 Å². The third-order valence-electron chi connectivity index (χ3n) is 4.35. The summed E-state index contributed by atoms with van der Waals surface area (Å²) < 4.78 is 0. The van der Waals surface area contributed by atoms with Crippen LogP contribution in [0.3, 0.4) is 0 Å². The Balaban J connectivity index is 2.42. The van der Waals surface area contributed by atoms with Gasteiger partial charge >= 0.3 is 5.97 Å². The summed E-state index contributed by atoms with van der Waals surface area (Å²) in [4.78, 5) is 27.0. The molecule has 0 aliphatic rings. The van der Waals surface area contributed by atoms with Gasteiger partial charge in [0, 0.05) is 31.7 Å². The van der Waals surface area contributed by atoms with Crippen molar-refractivity contribution in [3.63, 3.8) is 0 Å². The van der Waals surface area contributed by atoms with Crippen molar-refractivity contribution in [2.75, 3.05) is 0 Å². The van der Waals surface area contributed by atoms with Crippen LogP contribution in [0.15, 0.2) is 49.3 Å². The van der Waals surface area contributed by atoms with Crippen molar-refractivity contribution in [1.82, 2.24) is 4.98 Å². The van der Waals surface area contributed by atoms with E-state index in [9.17, 15) is 9.59 Å². The van der Waals surface area contributed by atoms with Crippen molar-refractivity contribution in [1.29, 1.82) is 0 Å². The van der Waals surface area contributed by atoms with Gasteiger partial charge in [-0.15, -0.1) is 6.58 Å². The fourth-order valence-corrected chi connectivity index (χ4v) is 2.92. The first-order valence-corrected chi connectivity index (χ1v) is 9.52. The minimum atomic E-state index is -0.845. The second-order valence-corrected chi connectivity index (χ2v) is 6.60. The molecule has 0 saturated heterocycles. The molecular formula is C22H31NO3. The van der Waals surface area contributed by atoms with Crippen LogP contribution in [0.5, 0.6) is 0 Å². The predicted octanol–water partition coefficient (Wildman–Crippen LogP) is 5.46. The number of unbranched alkanes of at least 4 members (excludes halogenated alkanes) is 3. The summed E-state index contributed by atoms with van der Waals surface area (Å²) in [6.07, 6.45) is 17.5. The topological polar surface area (TPSA) is 67.3 Å². The van der Waals surface area contributed by atoms with Crippen LogP contribution in [-0.2, 0) is 9.59 Å². The predicted molar refractivity (Wildman–Crippen MR) is 105 cm³/mol. The van der Waals surface area contributed by atoms with Gasteiger partial charge in [-0.2, -0.15) is 0 Å². The highest BCUT2D eigenvalue weighted by molar-refractivity contribution is 5.79. The van der Waals surface area contributed by atoms with Crippen LogP contribution in [0.2, 0.25) is 0 Å². The van der Waals surface area contributed by atoms with E-state index in [0.717, 1.165) is 44.1 Å². The third-order valence-corrected chi connectivity index (χ3v) is 4.35. The van der Waals surface area contributed by atoms with Gasteiger partial charge in [-0.25, -0.2) is 0 Å². The number of Topliss-reactive ketones (excluding diaryl/α,β-unsaturated/α-hetero) is 1. The number of rotatable bonds is 15. The Labute approximate surface area is 157 Å². The summed E-state index contributed by atoms with van der Waals surface area (Å²) >= 11 is 0. The molecule has 142 valence electrons. The largest absolute Gasteiger partial charge is 0.481 e. The molecule has 1 atom stereocenters. The number of carbonyl (C=O) groups is 2. The Morgan fingerprint density at radius 2 is 1.92 bits per heavy atom. The van der Waals surface area contributed by atoms with Gasteiger partial charge in [0.2, 0.25) is 0 Å². The molecule has 4 heteroatoms. The number of carbonyl (C=O) groups excluding carboxylic acids is 1. The van der Waals surface area contributed by atoms with E-state index >= 15 is 0 Å². The molecule has 0 radical (unpaired) electrons. The van der Waals surface area contributed by atoms with Crippen LogP contribution in [-0.4, -0.2) is 21.8 Å². The highest BCUT2D eigenvalue weighted by Crippen LogP contribution is 2.26. The average molecular weight is 357 g/mol. The molecule has 4 nitrogen and oxygen atoms in total. The second kappa shape index (κ2) is 14.0. The Bertz CT molecular complexity index is 566. The van der Waals surface area contributed by atoms with E-state index in [2.05, 4.69) is 23.7 Å². The van der Waals surface area contributed by atoms with Gasteiger partial charge in [0.05, 0.1) is 0 Å². The zero-order chi connectivity index (χ0) is 19.0. The standard InChI is InChI=1S/C22H31NO3/c1-2-3-4-5-6-7-8-9-12-19(20-13-11-16-23-18-20)17-21(24)14-10-15-22(25)26/h2,5-6,11,13,16,18-19H,1,3-4,7-10,12,14-15,17H2,(H,25,26). The lowest BCUT2D eigenvalue weighted by atomic mass is 9.88. The highest BCUT2D eigenvalue weighted by Gasteiger charge is 2.16. The van der Waals surface area contributed by atoms with E-state index in [1.165, 1.54) is 0 Å². The summed E-state index contributed by atoms with van der Waals surface area (Å²) in [5, 5.41) is 8.69. The molecule has 0 aliphatic carbocycles. The van der Waals surface area contributed by atoms with Crippen molar-refractivity contribution in [3.8, 4) is 0 Å². The first kappa shape index (κ1) is 21.8. The smallest absolute Gasteiger partial charge is 0.303 e. The zero-order valence-corrected chi connectivity index (χ0v) is 15.6. The Kier molecular flexibility index (Phi) is 11.7. The van der Waals surface area contributed by atoms with Gasteiger partial charge in [-0.1, -0.05) is 30.7 Å². The zero-order valence-electron chi connectivity index (χ0n) is 15.6. The SMILES string of the molecule is C=CCCC=CCCCCC(CC(=O)CCCC(=O)O)c1cccnc1.